The van der Waals surface area contributed by atoms with Crippen LogP contribution in [-0.2, 0) is 4.74 Å². The number of ether oxygens (including phenoxy) is 1. The first kappa shape index (κ1) is 12.0. The molecule has 1 aromatic heterocycles. The minimum absolute atomic E-state index is 0.321. The number of rotatable bonds is 5. The van der Waals surface area contributed by atoms with Gasteiger partial charge in [-0.2, -0.15) is 0 Å². The van der Waals surface area contributed by atoms with E-state index in [1.54, 1.807) is 7.11 Å². The van der Waals surface area contributed by atoms with Crippen LogP contribution in [0.1, 0.15) is 18.0 Å². The molecule has 0 aliphatic rings. The second kappa shape index (κ2) is 5.75. The highest BCUT2D eigenvalue weighted by atomic mass is 16.5. The third kappa shape index (κ3) is 2.81. The van der Waals surface area contributed by atoms with Gasteiger partial charge in [-0.05, 0) is 31.2 Å². The molecule has 17 heavy (non-hydrogen) atoms. The Labute approximate surface area is 102 Å². The fourth-order valence-electron chi connectivity index (χ4n) is 2.01. The van der Waals surface area contributed by atoms with Crippen LogP contribution < -0.4 is 5.32 Å². The van der Waals surface area contributed by atoms with Crippen molar-refractivity contribution in [2.45, 2.75) is 12.5 Å². The molecule has 1 N–H and O–H groups in total. The van der Waals surface area contributed by atoms with Crippen LogP contribution in [0.4, 0.5) is 0 Å². The number of methoxy groups -OCH3 is 1. The molecule has 0 radical (unpaired) electrons. The van der Waals surface area contributed by atoms with Gasteiger partial charge >= 0.3 is 0 Å². The van der Waals surface area contributed by atoms with E-state index in [1.807, 2.05) is 19.3 Å². The van der Waals surface area contributed by atoms with Gasteiger partial charge < -0.3 is 10.1 Å². The number of fused-ring (bicyclic) bond motifs is 1. The van der Waals surface area contributed by atoms with Crippen molar-refractivity contribution in [2.24, 2.45) is 0 Å². The summed E-state index contributed by atoms with van der Waals surface area (Å²) in [5.74, 6) is 0. The van der Waals surface area contributed by atoms with Crippen molar-refractivity contribution in [2.75, 3.05) is 20.8 Å². The maximum Gasteiger partial charge on any atom is 0.0705 e. The standard InChI is InChI=1S/C14H18N2O/c1-15-13(7-9-17-2)12-6-5-11-4-3-8-16-14(11)10-12/h3-6,8,10,13,15H,7,9H2,1-2H3. The summed E-state index contributed by atoms with van der Waals surface area (Å²) >= 11 is 0. The molecular formula is C14H18N2O. The van der Waals surface area contributed by atoms with Gasteiger partial charge in [0, 0.05) is 31.3 Å². The molecule has 2 rings (SSSR count). The predicted octanol–water partition coefficient (Wildman–Crippen LogP) is 2.53. The Balaban J connectivity index is 2.27. The maximum absolute atomic E-state index is 5.13. The molecular weight excluding hydrogens is 212 g/mol. The number of hydrogen-bond acceptors (Lipinski definition) is 3. The molecule has 1 aromatic carbocycles. The second-order valence-electron chi connectivity index (χ2n) is 4.08. The Hall–Kier alpha value is -1.45. The topological polar surface area (TPSA) is 34.1 Å². The Morgan fingerprint density at radius 3 is 3.00 bits per heavy atom. The van der Waals surface area contributed by atoms with Crippen molar-refractivity contribution in [3.8, 4) is 0 Å². The van der Waals surface area contributed by atoms with E-state index in [2.05, 4.69) is 34.6 Å². The molecule has 0 aliphatic heterocycles. The summed E-state index contributed by atoms with van der Waals surface area (Å²) in [4.78, 5) is 4.38. The van der Waals surface area contributed by atoms with E-state index in [9.17, 15) is 0 Å². The molecule has 2 aromatic rings. The lowest BCUT2D eigenvalue weighted by Gasteiger charge is -2.16. The van der Waals surface area contributed by atoms with E-state index >= 15 is 0 Å². The molecule has 1 unspecified atom stereocenters. The number of benzene rings is 1. The number of aromatic nitrogens is 1. The molecule has 0 spiro atoms. The van der Waals surface area contributed by atoms with E-state index in [-0.39, 0.29) is 0 Å². The van der Waals surface area contributed by atoms with Gasteiger partial charge in [-0.1, -0.05) is 18.2 Å². The van der Waals surface area contributed by atoms with E-state index in [4.69, 9.17) is 4.74 Å². The summed E-state index contributed by atoms with van der Waals surface area (Å²) in [6.45, 7) is 0.756. The predicted molar refractivity (Wildman–Crippen MR) is 70.0 cm³/mol. The molecule has 0 bridgehead atoms. The molecule has 90 valence electrons. The zero-order valence-corrected chi connectivity index (χ0v) is 10.3. The Bertz CT molecular complexity index is 484. The SMILES string of the molecule is CNC(CCOC)c1ccc2cccnc2c1. The largest absolute Gasteiger partial charge is 0.385 e. The smallest absolute Gasteiger partial charge is 0.0705 e. The molecule has 1 atom stereocenters. The molecule has 3 nitrogen and oxygen atoms in total. The fourth-order valence-corrected chi connectivity index (χ4v) is 2.01. The summed E-state index contributed by atoms with van der Waals surface area (Å²) in [6.07, 6.45) is 2.79. The summed E-state index contributed by atoms with van der Waals surface area (Å²) < 4.78 is 5.13. The van der Waals surface area contributed by atoms with Crippen molar-refractivity contribution in [1.82, 2.24) is 10.3 Å². The molecule has 0 amide bonds. The van der Waals surface area contributed by atoms with Crippen LogP contribution in [-0.4, -0.2) is 25.7 Å². The van der Waals surface area contributed by atoms with Crippen molar-refractivity contribution in [1.29, 1.82) is 0 Å². The van der Waals surface area contributed by atoms with Gasteiger partial charge in [0.15, 0.2) is 0 Å². The third-order valence-electron chi connectivity index (χ3n) is 2.99. The van der Waals surface area contributed by atoms with Crippen molar-refractivity contribution >= 4 is 10.9 Å². The summed E-state index contributed by atoms with van der Waals surface area (Å²) in [5.41, 5.74) is 2.30. The fraction of sp³-hybridized carbons (Fsp3) is 0.357. The van der Waals surface area contributed by atoms with Crippen molar-refractivity contribution in [3.05, 3.63) is 42.1 Å². The van der Waals surface area contributed by atoms with Gasteiger partial charge in [-0.15, -0.1) is 0 Å². The van der Waals surface area contributed by atoms with E-state index in [0.29, 0.717) is 6.04 Å². The second-order valence-corrected chi connectivity index (χ2v) is 4.08. The first-order valence-corrected chi connectivity index (χ1v) is 5.86. The lowest BCUT2D eigenvalue weighted by Crippen LogP contribution is -2.18. The summed E-state index contributed by atoms with van der Waals surface area (Å²) in [7, 11) is 3.71. The van der Waals surface area contributed by atoms with Crippen LogP contribution in [0.25, 0.3) is 10.9 Å². The van der Waals surface area contributed by atoms with Crippen molar-refractivity contribution < 1.29 is 4.74 Å². The van der Waals surface area contributed by atoms with Gasteiger partial charge in [-0.3, -0.25) is 4.98 Å². The Morgan fingerprint density at radius 2 is 2.24 bits per heavy atom. The highest BCUT2D eigenvalue weighted by molar-refractivity contribution is 5.78. The number of pyridine rings is 1. The number of nitrogens with zero attached hydrogens (tertiary/aromatic N) is 1. The average Bonchev–Trinajstić information content (AvgIpc) is 2.39. The van der Waals surface area contributed by atoms with Gasteiger partial charge in [-0.25, -0.2) is 0 Å². The molecule has 0 aliphatic carbocycles. The van der Waals surface area contributed by atoms with Crippen LogP contribution >= 0.6 is 0 Å². The zero-order valence-electron chi connectivity index (χ0n) is 10.3. The van der Waals surface area contributed by atoms with Crippen LogP contribution in [0.3, 0.4) is 0 Å². The summed E-state index contributed by atoms with van der Waals surface area (Å²) in [6, 6.07) is 10.8. The molecule has 0 saturated carbocycles. The van der Waals surface area contributed by atoms with Gasteiger partial charge in [0.2, 0.25) is 0 Å². The zero-order chi connectivity index (χ0) is 12.1. The lowest BCUT2D eigenvalue weighted by molar-refractivity contribution is 0.184. The lowest BCUT2D eigenvalue weighted by atomic mass is 10.0. The van der Waals surface area contributed by atoms with Gasteiger partial charge in [0.25, 0.3) is 0 Å². The molecule has 1 heterocycles. The van der Waals surface area contributed by atoms with Crippen LogP contribution in [0.15, 0.2) is 36.5 Å². The molecule has 0 saturated heterocycles. The first-order valence-electron chi connectivity index (χ1n) is 5.86. The Kier molecular flexibility index (Phi) is 4.07. The maximum atomic E-state index is 5.13. The van der Waals surface area contributed by atoms with Crippen molar-refractivity contribution in [3.63, 3.8) is 0 Å². The van der Waals surface area contributed by atoms with Crippen LogP contribution in [0.2, 0.25) is 0 Å². The minimum atomic E-state index is 0.321. The monoisotopic (exact) mass is 230 g/mol. The summed E-state index contributed by atoms with van der Waals surface area (Å²) in [5, 5.41) is 4.49. The normalized spacial score (nSPS) is 12.8. The quantitative estimate of drug-likeness (QED) is 0.857. The minimum Gasteiger partial charge on any atom is -0.385 e. The highest BCUT2D eigenvalue weighted by Gasteiger charge is 2.09. The number of hydrogen-bond donors (Lipinski definition) is 1. The van der Waals surface area contributed by atoms with Gasteiger partial charge in [0.1, 0.15) is 0 Å². The Morgan fingerprint density at radius 1 is 1.35 bits per heavy atom. The van der Waals surface area contributed by atoms with E-state index in [1.165, 1.54) is 10.9 Å². The van der Waals surface area contributed by atoms with Gasteiger partial charge in [0.05, 0.1) is 5.52 Å². The highest BCUT2D eigenvalue weighted by Crippen LogP contribution is 2.20. The van der Waals surface area contributed by atoms with Crippen LogP contribution in [0.5, 0.6) is 0 Å². The van der Waals surface area contributed by atoms with E-state index in [0.717, 1.165) is 18.5 Å². The van der Waals surface area contributed by atoms with Crippen LogP contribution in [0, 0.1) is 0 Å². The molecule has 3 heteroatoms. The number of nitrogens with one attached hydrogen (secondary N) is 1. The average molecular weight is 230 g/mol. The third-order valence-corrected chi connectivity index (χ3v) is 2.99. The first-order chi connectivity index (χ1) is 8.35. The van der Waals surface area contributed by atoms with E-state index < -0.39 is 0 Å². The molecule has 0 fully saturated rings.